The van der Waals surface area contributed by atoms with Gasteiger partial charge >= 0.3 is 0 Å². The molecule has 0 saturated carbocycles. The van der Waals surface area contributed by atoms with E-state index in [0.29, 0.717) is 17.9 Å². The third-order valence-electron chi connectivity index (χ3n) is 3.48. The zero-order valence-electron chi connectivity index (χ0n) is 11.3. The van der Waals surface area contributed by atoms with E-state index >= 15 is 0 Å². The number of aryl methyl sites for hydroxylation is 1. The number of benzene rings is 2. The lowest BCUT2D eigenvalue weighted by molar-refractivity contribution is 0.628. The minimum Gasteiger partial charge on any atom is -0.326 e. The van der Waals surface area contributed by atoms with E-state index in [2.05, 4.69) is 4.98 Å². The van der Waals surface area contributed by atoms with Crippen molar-refractivity contribution in [3.8, 4) is 11.4 Å². The molecule has 4 heteroatoms. The lowest BCUT2D eigenvalue weighted by Gasteiger charge is -2.06. The monoisotopic (exact) mass is 269 g/mol. The van der Waals surface area contributed by atoms with E-state index in [1.165, 1.54) is 6.07 Å². The average Bonchev–Trinajstić information content (AvgIpc) is 2.84. The summed E-state index contributed by atoms with van der Waals surface area (Å²) in [6.07, 6.45) is 0. The van der Waals surface area contributed by atoms with Gasteiger partial charge in [-0.25, -0.2) is 9.37 Å². The molecule has 0 saturated heterocycles. The van der Waals surface area contributed by atoms with E-state index in [-0.39, 0.29) is 5.82 Å². The summed E-state index contributed by atoms with van der Waals surface area (Å²) in [6, 6.07) is 12.7. The first-order chi connectivity index (χ1) is 9.74. The van der Waals surface area contributed by atoms with Crippen molar-refractivity contribution in [3.05, 3.63) is 53.8 Å². The van der Waals surface area contributed by atoms with E-state index in [1.807, 2.05) is 35.8 Å². The maximum Gasteiger partial charge on any atom is 0.144 e. The van der Waals surface area contributed by atoms with Crippen LogP contribution in [0.25, 0.3) is 22.4 Å². The quantitative estimate of drug-likeness (QED) is 0.792. The van der Waals surface area contributed by atoms with Crippen molar-refractivity contribution in [1.29, 1.82) is 0 Å². The van der Waals surface area contributed by atoms with Gasteiger partial charge in [0, 0.05) is 13.1 Å². The lowest BCUT2D eigenvalue weighted by Crippen LogP contribution is -1.99. The molecule has 0 aliphatic rings. The van der Waals surface area contributed by atoms with Gasteiger partial charge in [0.05, 0.1) is 16.6 Å². The average molecular weight is 269 g/mol. The molecule has 0 fully saturated rings. The Morgan fingerprint density at radius 3 is 2.70 bits per heavy atom. The van der Waals surface area contributed by atoms with Gasteiger partial charge in [0.25, 0.3) is 0 Å². The summed E-state index contributed by atoms with van der Waals surface area (Å²) in [5.74, 6) is 0.409. The number of fused-ring (bicyclic) bond motifs is 1. The molecule has 3 rings (SSSR count). The summed E-state index contributed by atoms with van der Waals surface area (Å²) in [6.45, 7) is 3.24. The maximum atomic E-state index is 14.0. The Hall–Kier alpha value is -2.20. The van der Waals surface area contributed by atoms with Gasteiger partial charge in [-0.3, -0.25) is 0 Å². The largest absolute Gasteiger partial charge is 0.326 e. The van der Waals surface area contributed by atoms with Gasteiger partial charge in [-0.1, -0.05) is 18.2 Å². The first-order valence-corrected chi connectivity index (χ1v) is 6.68. The summed E-state index contributed by atoms with van der Waals surface area (Å²) in [7, 11) is 0. The minimum absolute atomic E-state index is 0.253. The Bertz CT molecular complexity index is 762. The molecule has 0 aliphatic heterocycles. The SMILES string of the molecule is CCn1c(-c2ccccc2F)nc2cc(CN)ccc21. The van der Waals surface area contributed by atoms with Crippen molar-refractivity contribution in [2.75, 3.05) is 0 Å². The van der Waals surface area contributed by atoms with Crippen LogP contribution in [0.2, 0.25) is 0 Å². The van der Waals surface area contributed by atoms with E-state index in [9.17, 15) is 4.39 Å². The topological polar surface area (TPSA) is 43.8 Å². The molecule has 0 spiro atoms. The molecular weight excluding hydrogens is 253 g/mol. The third-order valence-corrected chi connectivity index (χ3v) is 3.48. The van der Waals surface area contributed by atoms with E-state index in [1.54, 1.807) is 12.1 Å². The number of hydrogen-bond acceptors (Lipinski definition) is 2. The standard InChI is InChI=1S/C16H16FN3/c1-2-20-15-8-7-11(10-18)9-14(15)19-16(20)12-5-3-4-6-13(12)17/h3-9H,2,10,18H2,1H3. The predicted octanol–water partition coefficient (Wildman–Crippen LogP) is 3.32. The van der Waals surface area contributed by atoms with Gasteiger partial charge in [-0.2, -0.15) is 0 Å². The van der Waals surface area contributed by atoms with Crippen molar-refractivity contribution in [1.82, 2.24) is 9.55 Å². The van der Waals surface area contributed by atoms with Gasteiger partial charge < -0.3 is 10.3 Å². The summed E-state index contributed by atoms with van der Waals surface area (Å²) in [5, 5.41) is 0. The predicted molar refractivity (Wildman–Crippen MR) is 78.7 cm³/mol. The van der Waals surface area contributed by atoms with Crippen molar-refractivity contribution >= 4 is 11.0 Å². The van der Waals surface area contributed by atoms with Crippen LogP contribution in [-0.2, 0) is 13.1 Å². The number of hydrogen-bond donors (Lipinski definition) is 1. The number of aromatic nitrogens is 2. The Morgan fingerprint density at radius 1 is 1.20 bits per heavy atom. The van der Waals surface area contributed by atoms with Crippen LogP contribution in [0.4, 0.5) is 4.39 Å². The van der Waals surface area contributed by atoms with Crippen LogP contribution in [0.3, 0.4) is 0 Å². The molecule has 3 nitrogen and oxygen atoms in total. The first-order valence-electron chi connectivity index (χ1n) is 6.68. The molecular formula is C16H16FN3. The van der Waals surface area contributed by atoms with Gasteiger partial charge in [0.2, 0.25) is 0 Å². The van der Waals surface area contributed by atoms with Crippen molar-refractivity contribution < 1.29 is 4.39 Å². The fourth-order valence-corrected chi connectivity index (χ4v) is 2.47. The van der Waals surface area contributed by atoms with E-state index in [4.69, 9.17) is 5.73 Å². The molecule has 3 aromatic rings. The molecule has 1 aromatic heterocycles. The molecule has 0 amide bonds. The molecule has 0 aliphatic carbocycles. The Kier molecular flexibility index (Phi) is 3.24. The van der Waals surface area contributed by atoms with Crippen molar-refractivity contribution in [2.24, 2.45) is 5.73 Å². The van der Waals surface area contributed by atoms with Crippen LogP contribution in [0.1, 0.15) is 12.5 Å². The highest BCUT2D eigenvalue weighted by Gasteiger charge is 2.14. The van der Waals surface area contributed by atoms with Crippen LogP contribution in [-0.4, -0.2) is 9.55 Å². The van der Waals surface area contributed by atoms with E-state index < -0.39 is 0 Å². The fraction of sp³-hybridized carbons (Fsp3) is 0.188. The summed E-state index contributed by atoms with van der Waals surface area (Å²) >= 11 is 0. The molecule has 20 heavy (non-hydrogen) atoms. The Balaban J connectivity index is 2.28. The summed E-state index contributed by atoms with van der Waals surface area (Å²) in [4.78, 5) is 4.59. The molecule has 0 unspecified atom stereocenters. The molecule has 1 heterocycles. The Morgan fingerprint density at radius 2 is 2.00 bits per heavy atom. The highest BCUT2D eigenvalue weighted by Crippen LogP contribution is 2.27. The van der Waals surface area contributed by atoms with Crippen molar-refractivity contribution in [3.63, 3.8) is 0 Å². The third kappa shape index (κ3) is 1.98. The van der Waals surface area contributed by atoms with Crippen LogP contribution in [0.15, 0.2) is 42.5 Å². The highest BCUT2D eigenvalue weighted by molar-refractivity contribution is 5.81. The second-order valence-electron chi connectivity index (χ2n) is 4.69. The number of nitrogens with zero attached hydrogens (tertiary/aromatic N) is 2. The maximum absolute atomic E-state index is 14.0. The number of imidazole rings is 1. The smallest absolute Gasteiger partial charge is 0.144 e. The first kappa shape index (κ1) is 12.8. The molecule has 2 N–H and O–H groups in total. The van der Waals surface area contributed by atoms with E-state index in [0.717, 1.165) is 23.1 Å². The number of halogens is 1. The zero-order chi connectivity index (χ0) is 14.1. The highest BCUT2D eigenvalue weighted by atomic mass is 19.1. The summed E-state index contributed by atoms with van der Waals surface area (Å²) < 4.78 is 16.0. The molecule has 2 aromatic carbocycles. The lowest BCUT2D eigenvalue weighted by atomic mass is 10.2. The molecule has 0 atom stereocenters. The fourth-order valence-electron chi connectivity index (χ4n) is 2.47. The Labute approximate surface area is 116 Å². The summed E-state index contributed by atoms with van der Waals surface area (Å²) in [5.41, 5.74) is 9.07. The van der Waals surface area contributed by atoms with Gasteiger partial charge in [-0.15, -0.1) is 0 Å². The van der Waals surface area contributed by atoms with Crippen LogP contribution >= 0.6 is 0 Å². The zero-order valence-corrected chi connectivity index (χ0v) is 11.3. The van der Waals surface area contributed by atoms with Crippen molar-refractivity contribution in [2.45, 2.75) is 20.0 Å². The molecule has 0 radical (unpaired) electrons. The van der Waals surface area contributed by atoms with Crippen LogP contribution in [0, 0.1) is 5.82 Å². The van der Waals surface area contributed by atoms with Crippen LogP contribution in [0.5, 0.6) is 0 Å². The van der Waals surface area contributed by atoms with Gasteiger partial charge in [0.15, 0.2) is 0 Å². The minimum atomic E-state index is -0.253. The molecule has 102 valence electrons. The number of rotatable bonds is 3. The number of nitrogens with two attached hydrogens (primary N) is 1. The van der Waals surface area contributed by atoms with Crippen LogP contribution < -0.4 is 5.73 Å². The second-order valence-corrected chi connectivity index (χ2v) is 4.69. The van der Waals surface area contributed by atoms with Gasteiger partial charge in [-0.05, 0) is 36.8 Å². The second kappa shape index (κ2) is 5.06. The van der Waals surface area contributed by atoms with Gasteiger partial charge in [0.1, 0.15) is 11.6 Å². The normalized spacial score (nSPS) is 11.2. The molecule has 0 bridgehead atoms.